The van der Waals surface area contributed by atoms with Crippen molar-refractivity contribution in [2.45, 2.75) is 13.5 Å². The molecule has 2 aromatic carbocycles. The van der Waals surface area contributed by atoms with Crippen molar-refractivity contribution < 1.29 is 9.13 Å². The lowest BCUT2D eigenvalue weighted by Gasteiger charge is -2.08. The number of rotatable bonds is 4. The molecule has 0 fully saturated rings. The van der Waals surface area contributed by atoms with Gasteiger partial charge in [0.2, 0.25) is 0 Å². The van der Waals surface area contributed by atoms with Crippen LogP contribution in [0.15, 0.2) is 58.4 Å². The van der Waals surface area contributed by atoms with Crippen molar-refractivity contribution in [2.24, 2.45) is 0 Å². The summed E-state index contributed by atoms with van der Waals surface area (Å²) in [5.74, 6) is -0.0597. The lowest BCUT2D eigenvalue weighted by Crippen LogP contribution is -1.97. The van der Waals surface area contributed by atoms with E-state index in [2.05, 4.69) is 15.9 Å². The van der Waals surface area contributed by atoms with Gasteiger partial charge in [-0.15, -0.1) is 11.3 Å². The number of aryl methyl sites for hydroxylation is 1. The summed E-state index contributed by atoms with van der Waals surface area (Å²) in [5.41, 5.74) is 3.04. The molecule has 22 heavy (non-hydrogen) atoms. The molecule has 0 saturated carbocycles. The summed E-state index contributed by atoms with van der Waals surface area (Å²) in [6.45, 7) is 2.39. The molecule has 0 spiro atoms. The number of ether oxygens (including phenoxy) is 1. The fraction of sp³-hybridized carbons (Fsp3) is 0.111. The van der Waals surface area contributed by atoms with Crippen LogP contribution in [-0.4, -0.2) is 0 Å². The van der Waals surface area contributed by atoms with Crippen molar-refractivity contribution in [3.8, 4) is 16.2 Å². The summed E-state index contributed by atoms with van der Waals surface area (Å²) >= 11 is 5.10. The molecule has 0 bridgehead atoms. The van der Waals surface area contributed by atoms with Crippen LogP contribution in [0, 0.1) is 12.7 Å². The van der Waals surface area contributed by atoms with Gasteiger partial charge in [0.1, 0.15) is 6.61 Å². The Morgan fingerprint density at radius 3 is 2.50 bits per heavy atom. The molecule has 0 saturated heterocycles. The van der Waals surface area contributed by atoms with Gasteiger partial charge in [0.05, 0.1) is 3.79 Å². The molecule has 0 N–H and O–H groups in total. The maximum absolute atomic E-state index is 14.2. The van der Waals surface area contributed by atoms with E-state index in [0.29, 0.717) is 6.61 Å². The number of benzene rings is 2. The zero-order chi connectivity index (χ0) is 15.5. The molecule has 0 aliphatic carbocycles. The van der Waals surface area contributed by atoms with Gasteiger partial charge in [0, 0.05) is 4.88 Å². The highest BCUT2D eigenvalue weighted by atomic mass is 79.9. The first-order valence-electron chi connectivity index (χ1n) is 6.86. The Kier molecular flexibility index (Phi) is 4.60. The van der Waals surface area contributed by atoms with E-state index in [9.17, 15) is 4.39 Å². The summed E-state index contributed by atoms with van der Waals surface area (Å²) in [6, 6.07) is 16.9. The molecule has 1 heterocycles. The van der Waals surface area contributed by atoms with Gasteiger partial charge in [-0.25, -0.2) is 4.39 Å². The minimum Gasteiger partial charge on any atom is -0.486 e. The Hall–Kier alpha value is -1.65. The molecule has 1 aromatic heterocycles. The van der Waals surface area contributed by atoms with Crippen LogP contribution in [-0.2, 0) is 6.61 Å². The van der Waals surface area contributed by atoms with Crippen LogP contribution in [0.3, 0.4) is 0 Å². The predicted molar refractivity (Wildman–Crippen MR) is 92.9 cm³/mol. The number of thiophene rings is 1. The third-order valence-electron chi connectivity index (χ3n) is 3.31. The van der Waals surface area contributed by atoms with E-state index in [4.69, 9.17) is 4.74 Å². The highest BCUT2D eigenvalue weighted by Gasteiger charge is 2.10. The van der Waals surface area contributed by atoms with E-state index in [1.807, 2.05) is 49.4 Å². The Balaban J connectivity index is 1.77. The maximum atomic E-state index is 14.2. The average molecular weight is 377 g/mol. The topological polar surface area (TPSA) is 9.23 Å². The van der Waals surface area contributed by atoms with Crippen LogP contribution in [0.5, 0.6) is 5.75 Å². The Labute approximate surface area is 141 Å². The molecule has 0 unspecified atom stereocenters. The predicted octanol–water partition coefficient (Wildman–Crippen LogP) is 6.20. The van der Waals surface area contributed by atoms with Gasteiger partial charge >= 0.3 is 0 Å². The van der Waals surface area contributed by atoms with Gasteiger partial charge in [0.15, 0.2) is 11.6 Å². The highest BCUT2D eigenvalue weighted by molar-refractivity contribution is 9.11. The van der Waals surface area contributed by atoms with Crippen LogP contribution < -0.4 is 4.74 Å². The summed E-state index contributed by atoms with van der Waals surface area (Å²) in [7, 11) is 0. The number of hydrogen-bond donors (Lipinski definition) is 0. The lowest BCUT2D eigenvalue weighted by atomic mass is 10.1. The maximum Gasteiger partial charge on any atom is 0.165 e. The van der Waals surface area contributed by atoms with Crippen LogP contribution in [0.4, 0.5) is 4.39 Å². The molecular weight excluding hydrogens is 363 g/mol. The monoisotopic (exact) mass is 376 g/mol. The Morgan fingerprint density at radius 1 is 1.09 bits per heavy atom. The van der Waals surface area contributed by atoms with Gasteiger partial charge in [-0.2, -0.15) is 0 Å². The van der Waals surface area contributed by atoms with Crippen LogP contribution in [0.25, 0.3) is 10.4 Å². The van der Waals surface area contributed by atoms with Crippen LogP contribution in [0.2, 0.25) is 0 Å². The van der Waals surface area contributed by atoms with Gasteiger partial charge in [0.25, 0.3) is 0 Å². The SMILES string of the molecule is Cc1cc(-c2ccc(OCc3ccccc3)c(F)c2)sc1Br. The molecular formula is C18H14BrFOS. The summed E-state index contributed by atoms with van der Waals surface area (Å²) in [5, 5.41) is 0. The third kappa shape index (κ3) is 3.39. The van der Waals surface area contributed by atoms with E-state index in [-0.39, 0.29) is 11.6 Å². The van der Waals surface area contributed by atoms with Gasteiger partial charge in [-0.1, -0.05) is 30.3 Å². The largest absolute Gasteiger partial charge is 0.486 e. The smallest absolute Gasteiger partial charge is 0.165 e. The first kappa shape index (κ1) is 15.3. The second kappa shape index (κ2) is 6.63. The van der Waals surface area contributed by atoms with E-state index in [0.717, 1.165) is 25.4 Å². The molecule has 1 nitrogen and oxygen atoms in total. The summed E-state index contributed by atoms with van der Waals surface area (Å²) in [6.07, 6.45) is 0. The van der Waals surface area contributed by atoms with E-state index < -0.39 is 0 Å². The fourth-order valence-electron chi connectivity index (χ4n) is 2.11. The van der Waals surface area contributed by atoms with Crippen molar-refractivity contribution in [2.75, 3.05) is 0 Å². The minimum absolute atomic E-state index is 0.278. The molecule has 4 heteroatoms. The van der Waals surface area contributed by atoms with E-state index >= 15 is 0 Å². The average Bonchev–Trinajstić information content (AvgIpc) is 2.86. The van der Waals surface area contributed by atoms with E-state index in [1.54, 1.807) is 17.4 Å². The molecule has 0 aliphatic rings. The first-order valence-corrected chi connectivity index (χ1v) is 8.47. The third-order valence-corrected chi connectivity index (χ3v) is 5.50. The highest BCUT2D eigenvalue weighted by Crippen LogP contribution is 2.36. The van der Waals surface area contributed by atoms with Crippen molar-refractivity contribution in [3.63, 3.8) is 0 Å². The van der Waals surface area contributed by atoms with Gasteiger partial charge in [-0.05, 0) is 63.8 Å². The molecule has 3 aromatic rings. The van der Waals surface area contributed by atoms with Crippen molar-refractivity contribution in [1.29, 1.82) is 0 Å². The Morgan fingerprint density at radius 2 is 1.86 bits per heavy atom. The second-order valence-corrected chi connectivity index (χ2v) is 7.36. The molecule has 3 rings (SSSR count). The second-order valence-electron chi connectivity index (χ2n) is 4.99. The van der Waals surface area contributed by atoms with Gasteiger partial charge < -0.3 is 4.74 Å². The van der Waals surface area contributed by atoms with Crippen molar-refractivity contribution >= 4 is 27.3 Å². The standard InChI is InChI=1S/C18H14BrFOS/c1-12-9-17(22-18(12)19)14-7-8-16(15(20)10-14)21-11-13-5-3-2-4-6-13/h2-10H,11H2,1H3. The van der Waals surface area contributed by atoms with E-state index in [1.165, 1.54) is 6.07 Å². The number of halogens is 2. The summed E-state index contributed by atoms with van der Waals surface area (Å²) in [4.78, 5) is 1.04. The zero-order valence-electron chi connectivity index (χ0n) is 12.0. The van der Waals surface area contributed by atoms with Crippen LogP contribution >= 0.6 is 27.3 Å². The molecule has 0 amide bonds. The van der Waals surface area contributed by atoms with Crippen molar-refractivity contribution in [3.05, 3.63) is 75.3 Å². The summed E-state index contributed by atoms with van der Waals surface area (Å²) < 4.78 is 20.9. The fourth-order valence-corrected chi connectivity index (χ4v) is 3.64. The van der Waals surface area contributed by atoms with Gasteiger partial charge in [-0.3, -0.25) is 0 Å². The normalized spacial score (nSPS) is 10.7. The minimum atomic E-state index is -0.337. The quantitative estimate of drug-likeness (QED) is 0.526. The lowest BCUT2D eigenvalue weighted by molar-refractivity contribution is 0.290. The van der Waals surface area contributed by atoms with Crippen molar-refractivity contribution in [1.82, 2.24) is 0 Å². The molecule has 0 radical (unpaired) electrons. The molecule has 0 atom stereocenters. The number of hydrogen-bond acceptors (Lipinski definition) is 2. The van der Waals surface area contributed by atoms with Crippen LogP contribution in [0.1, 0.15) is 11.1 Å². The zero-order valence-corrected chi connectivity index (χ0v) is 14.4. The molecule has 0 aliphatic heterocycles. The first-order chi connectivity index (χ1) is 10.6. The molecule has 112 valence electrons. The Bertz CT molecular complexity index is 764.